The van der Waals surface area contributed by atoms with Gasteiger partial charge in [0.2, 0.25) is 0 Å². The summed E-state index contributed by atoms with van der Waals surface area (Å²) in [4.78, 5) is 6.58. The first-order valence-corrected chi connectivity index (χ1v) is 19.4. The molecule has 0 aromatic heterocycles. The molecule has 0 saturated carbocycles. The molecule has 51 heavy (non-hydrogen) atoms. The van der Waals surface area contributed by atoms with Crippen LogP contribution in [0.4, 0.5) is 0 Å². The van der Waals surface area contributed by atoms with Crippen LogP contribution in [-0.4, -0.2) is 6.15 Å². The Kier molecular flexibility index (Phi) is 11.3. The van der Waals surface area contributed by atoms with E-state index in [9.17, 15) is 0 Å². The molecule has 0 bridgehead atoms. The molecule has 0 nitrogen and oxygen atoms in total. The standard InChI is InChI=1S/C24H20B.C24H19S2/c1-5-13-21(14-6-1)25(22-15-7-2-8-16-22,23-17-9-3-10-18-23)24-19-11-4-12-20-24;1-4-10-20(11-5-1)25-21-16-18-24(19-17-21)26(22-12-6-2-7-13-22)23-14-8-3-9-15-23/h1-20H;1-19H/q-1;+1. The van der Waals surface area contributed by atoms with Crippen molar-refractivity contribution >= 4 is 50.7 Å². The average molecular weight is 691 g/mol. The largest absolute Gasteiger partial charge is 0.195 e. The molecule has 0 N–H and O–H groups in total. The van der Waals surface area contributed by atoms with Crippen molar-refractivity contribution < 1.29 is 0 Å². The third-order valence-electron chi connectivity index (χ3n) is 9.19. The molecule has 0 aliphatic rings. The lowest BCUT2D eigenvalue weighted by Gasteiger charge is -2.44. The zero-order chi connectivity index (χ0) is 34.6. The van der Waals surface area contributed by atoms with Gasteiger partial charge >= 0.3 is 0 Å². The van der Waals surface area contributed by atoms with Gasteiger partial charge in [-0.2, -0.15) is 21.9 Å². The van der Waals surface area contributed by atoms with E-state index in [4.69, 9.17) is 0 Å². The van der Waals surface area contributed by atoms with Gasteiger partial charge in [0.15, 0.2) is 14.7 Å². The minimum absolute atomic E-state index is 0.0786. The summed E-state index contributed by atoms with van der Waals surface area (Å²) in [5.41, 5.74) is 5.36. The molecule has 0 fully saturated rings. The molecule has 0 atom stereocenters. The van der Waals surface area contributed by atoms with Crippen LogP contribution in [0.15, 0.2) is 261 Å². The van der Waals surface area contributed by atoms with Crippen molar-refractivity contribution in [3.63, 3.8) is 0 Å². The normalized spacial score (nSPS) is 11.0. The Bertz CT molecular complexity index is 1980. The third kappa shape index (κ3) is 7.97. The molecule has 246 valence electrons. The van der Waals surface area contributed by atoms with Gasteiger partial charge in [-0.25, -0.2) is 0 Å². The van der Waals surface area contributed by atoms with Gasteiger partial charge in [-0.05, 0) is 60.7 Å². The fourth-order valence-electron chi connectivity index (χ4n) is 6.91. The predicted octanol–water partition coefficient (Wildman–Crippen LogP) is 10.00. The fourth-order valence-corrected chi connectivity index (χ4v) is 9.83. The molecule has 0 spiro atoms. The molecule has 0 heterocycles. The number of rotatable bonds is 9. The SMILES string of the molecule is c1ccc(Sc2ccc([S+](c3ccccc3)c3ccccc3)cc2)cc1.c1ccc([B-](c2ccccc2)(c2ccccc2)c2ccccc2)cc1. The van der Waals surface area contributed by atoms with Crippen LogP contribution >= 0.6 is 11.8 Å². The Morgan fingerprint density at radius 1 is 0.255 bits per heavy atom. The summed E-state index contributed by atoms with van der Waals surface area (Å²) < 4.78 is 0. The molecule has 0 saturated heterocycles. The lowest BCUT2D eigenvalue weighted by Crippen LogP contribution is -2.74. The molecule has 0 unspecified atom stereocenters. The number of benzene rings is 8. The zero-order valence-corrected chi connectivity index (χ0v) is 30.0. The molecule has 0 radical (unpaired) electrons. The van der Waals surface area contributed by atoms with Crippen molar-refractivity contribution in [1.82, 2.24) is 0 Å². The van der Waals surface area contributed by atoms with Crippen LogP contribution < -0.4 is 21.9 Å². The summed E-state index contributed by atoms with van der Waals surface area (Å²) in [7, 11) is -0.0786. The van der Waals surface area contributed by atoms with E-state index in [1.54, 1.807) is 11.8 Å². The van der Waals surface area contributed by atoms with Gasteiger partial charge in [0.05, 0.1) is 10.9 Å². The lowest BCUT2D eigenvalue weighted by atomic mass is 9.13. The Morgan fingerprint density at radius 2 is 0.510 bits per heavy atom. The van der Waals surface area contributed by atoms with Crippen LogP contribution in [0, 0.1) is 0 Å². The summed E-state index contributed by atoms with van der Waals surface area (Å²) in [5, 5.41) is 0. The minimum Gasteiger partial charge on any atom is -0.195 e. The molecule has 0 amide bonds. The highest BCUT2D eigenvalue weighted by molar-refractivity contribution is 7.99. The third-order valence-corrected chi connectivity index (χ3v) is 12.4. The van der Waals surface area contributed by atoms with Gasteiger partial charge in [0.25, 0.3) is 0 Å². The van der Waals surface area contributed by atoms with E-state index in [-0.39, 0.29) is 10.9 Å². The van der Waals surface area contributed by atoms with Gasteiger partial charge in [-0.1, -0.05) is 188 Å². The molecule has 0 aliphatic heterocycles. The van der Waals surface area contributed by atoms with Crippen LogP contribution in [0.3, 0.4) is 0 Å². The van der Waals surface area contributed by atoms with E-state index < -0.39 is 6.15 Å². The zero-order valence-electron chi connectivity index (χ0n) is 28.4. The maximum Gasteiger partial charge on any atom is 0.166 e. The number of hydrogen-bond acceptors (Lipinski definition) is 1. The Labute approximate surface area is 310 Å². The monoisotopic (exact) mass is 690 g/mol. The van der Waals surface area contributed by atoms with Crippen molar-refractivity contribution in [2.45, 2.75) is 24.5 Å². The van der Waals surface area contributed by atoms with Crippen molar-refractivity contribution in [3.05, 3.63) is 237 Å². The van der Waals surface area contributed by atoms with Gasteiger partial charge < -0.3 is 0 Å². The summed E-state index contributed by atoms with van der Waals surface area (Å²) in [6.45, 7) is 0. The van der Waals surface area contributed by atoms with Crippen molar-refractivity contribution in [3.8, 4) is 0 Å². The summed E-state index contributed by atoms with van der Waals surface area (Å²) >= 11 is 1.80. The van der Waals surface area contributed by atoms with E-state index in [1.807, 2.05) is 0 Å². The summed E-state index contributed by atoms with van der Waals surface area (Å²) in [6.07, 6.45) is -1.22. The first kappa shape index (κ1) is 34.0. The number of hydrogen-bond donors (Lipinski definition) is 0. The van der Waals surface area contributed by atoms with E-state index in [0.717, 1.165) is 0 Å². The van der Waals surface area contributed by atoms with E-state index >= 15 is 0 Å². The summed E-state index contributed by atoms with van der Waals surface area (Å²) in [5.74, 6) is 0. The second kappa shape index (κ2) is 17.0. The molecular weight excluding hydrogens is 651 g/mol. The van der Waals surface area contributed by atoms with Crippen LogP contribution in [0.25, 0.3) is 0 Å². The van der Waals surface area contributed by atoms with Crippen LogP contribution in [0.5, 0.6) is 0 Å². The van der Waals surface area contributed by atoms with Gasteiger partial charge in [0, 0.05) is 9.79 Å². The second-order valence-electron chi connectivity index (χ2n) is 12.3. The fraction of sp³-hybridized carbons (Fsp3) is 0. The molecular formula is C48H39BS2. The van der Waals surface area contributed by atoms with Crippen molar-refractivity contribution in [2.24, 2.45) is 0 Å². The van der Waals surface area contributed by atoms with Crippen LogP contribution in [0.2, 0.25) is 0 Å². The van der Waals surface area contributed by atoms with Crippen LogP contribution in [-0.2, 0) is 10.9 Å². The molecule has 3 heteroatoms. The highest BCUT2D eigenvalue weighted by Crippen LogP contribution is 2.33. The van der Waals surface area contributed by atoms with E-state index in [1.165, 1.54) is 46.3 Å². The maximum absolute atomic E-state index is 2.27. The van der Waals surface area contributed by atoms with E-state index in [2.05, 4.69) is 237 Å². The quantitative estimate of drug-likeness (QED) is 0.107. The predicted molar refractivity (Wildman–Crippen MR) is 222 cm³/mol. The topological polar surface area (TPSA) is 0 Å². The van der Waals surface area contributed by atoms with E-state index in [0.29, 0.717) is 0 Å². The average Bonchev–Trinajstić information content (AvgIpc) is 3.22. The first-order chi connectivity index (χ1) is 25.3. The van der Waals surface area contributed by atoms with Crippen molar-refractivity contribution in [2.75, 3.05) is 0 Å². The highest BCUT2D eigenvalue weighted by atomic mass is 32.2. The first-order valence-electron chi connectivity index (χ1n) is 17.4. The highest BCUT2D eigenvalue weighted by Gasteiger charge is 2.31. The Morgan fingerprint density at radius 3 is 0.843 bits per heavy atom. The molecule has 8 aromatic carbocycles. The second-order valence-corrected chi connectivity index (χ2v) is 15.5. The Balaban J connectivity index is 0.000000159. The van der Waals surface area contributed by atoms with Gasteiger partial charge in [-0.15, -0.1) is 0 Å². The van der Waals surface area contributed by atoms with Crippen LogP contribution in [0.1, 0.15) is 0 Å². The van der Waals surface area contributed by atoms with Gasteiger partial charge in [-0.3, -0.25) is 0 Å². The molecule has 0 aliphatic carbocycles. The molecule has 8 rings (SSSR count). The maximum atomic E-state index is 2.27. The Hall–Kier alpha value is -5.48. The summed E-state index contributed by atoms with van der Waals surface area (Å²) in [6, 6.07) is 84.6. The smallest absolute Gasteiger partial charge is 0.166 e. The lowest BCUT2D eigenvalue weighted by molar-refractivity contribution is 1.28. The molecule has 8 aromatic rings. The van der Waals surface area contributed by atoms with Gasteiger partial charge in [0.1, 0.15) is 6.15 Å². The van der Waals surface area contributed by atoms with Crippen molar-refractivity contribution in [1.29, 1.82) is 0 Å². The minimum atomic E-state index is -1.22.